The molecule has 1 aliphatic heterocycles. The van der Waals surface area contributed by atoms with Crippen molar-refractivity contribution in [3.05, 3.63) is 131 Å². The first kappa shape index (κ1) is 38.4. The molecule has 0 spiro atoms. The van der Waals surface area contributed by atoms with Crippen molar-refractivity contribution in [1.29, 1.82) is 0 Å². The molecule has 0 saturated carbocycles. The van der Waals surface area contributed by atoms with Crippen molar-refractivity contribution in [1.82, 2.24) is 9.78 Å². The summed E-state index contributed by atoms with van der Waals surface area (Å²) in [5, 5.41) is 35.0. The number of hydrogen-bond donors (Lipinski definition) is 0. The number of aryl methyl sites for hydroxylation is 1. The first-order valence-corrected chi connectivity index (χ1v) is 16.4. The number of benzene rings is 4. The van der Waals surface area contributed by atoms with E-state index in [-0.39, 0.29) is 51.1 Å². The van der Waals surface area contributed by atoms with Crippen LogP contribution < -0.4 is 10.1 Å². The van der Waals surface area contributed by atoms with Crippen molar-refractivity contribution >= 4 is 40.1 Å². The van der Waals surface area contributed by atoms with E-state index in [4.69, 9.17) is 0 Å². The molecule has 2 heterocycles. The number of aromatic nitrogens is 2. The number of azo groups is 1. The standard InChI is InChI=1S/2C20H22N4O.Cu/c2*1-14-18(19(25)24(23-14)17-8-6-5-7-9-17)22-21-16-12-10-15(11-13-16)20(2,3)4;/h5-13H,1-4H3,(H,21,23,25);5-13,25H,1-4H3;/q;;+2/p-2. The third-order valence-corrected chi connectivity index (χ3v) is 7.97. The minimum Gasteiger partial charge on any atom is -0.857 e. The van der Waals surface area contributed by atoms with Gasteiger partial charge in [0.2, 0.25) is 0 Å². The SMILES string of the molecule is CC1=NN(c2ccccc2)C(=O)/C1=N\[N-]c1ccc(C(C)(C)C)cc1.Cc1nn(-c2ccccc2)c([O-])c1N=Nc1ccc(C(C)(C)C)cc1.[Cu+2]. The normalized spacial score (nSPS) is 13.9. The van der Waals surface area contributed by atoms with Gasteiger partial charge in [-0.3, -0.25) is 4.79 Å². The second kappa shape index (κ2) is 16.1. The van der Waals surface area contributed by atoms with Crippen LogP contribution in [0.4, 0.5) is 22.7 Å². The molecule has 1 aliphatic rings. The summed E-state index contributed by atoms with van der Waals surface area (Å²) in [5.74, 6) is -0.530. The summed E-state index contributed by atoms with van der Waals surface area (Å²) in [7, 11) is 0. The second-order valence-electron chi connectivity index (χ2n) is 14.0. The van der Waals surface area contributed by atoms with E-state index in [1.165, 1.54) is 20.8 Å². The van der Waals surface area contributed by atoms with E-state index in [0.29, 0.717) is 34.2 Å². The number of rotatable bonds is 6. The van der Waals surface area contributed by atoms with Crippen molar-refractivity contribution in [3.63, 3.8) is 0 Å². The van der Waals surface area contributed by atoms with Gasteiger partial charge in [0, 0.05) is 5.88 Å². The maximum atomic E-state index is 12.5. The molecule has 51 heavy (non-hydrogen) atoms. The third kappa shape index (κ3) is 9.45. The van der Waals surface area contributed by atoms with Crippen LogP contribution in [0.1, 0.15) is 65.3 Å². The van der Waals surface area contributed by atoms with Gasteiger partial charge in [-0.1, -0.05) is 114 Å². The largest absolute Gasteiger partial charge is 2.00 e. The van der Waals surface area contributed by atoms with Gasteiger partial charge in [0.1, 0.15) is 11.4 Å². The summed E-state index contributed by atoms with van der Waals surface area (Å²) in [6.45, 7) is 16.5. The molecule has 0 N–H and O–H groups in total. The van der Waals surface area contributed by atoms with Crippen LogP contribution in [0.25, 0.3) is 11.1 Å². The van der Waals surface area contributed by atoms with Gasteiger partial charge in [-0.05, 0) is 72.2 Å². The van der Waals surface area contributed by atoms with Crippen LogP contribution in [-0.2, 0) is 32.7 Å². The number of para-hydroxylation sites is 2. The molecule has 0 atom stereocenters. The maximum Gasteiger partial charge on any atom is 2.00 e. The number of anilines is 1. The van der Waals surface area contributed by atoms with E-state index in [9.17, 15) is 9.90 Å². The van der Waals surface area contributed by atoms with E-state index in [1.54, 1.807) is 13.8 Å². The van der Waals surface area contributed by atoms with Gasteiger partial charge in [-0.2, -0.15) is 20.3 Å². The number of hydrazone groups is 1. The minimum atomic E-state index is -0.265. The summed E-state index contributed by atoms with van der Waals surface area (Å²) in [4.78, 5) is 12.5. The van der Waals surface area contributed by atoms with Crippen LogP contribution in [0.2, 0.25) is 0 Å². The molecular formula is C40H42CuN8O2. The Morgan fingerprint density at radius 2 is 1.20 bits per heavy atom. The van der Waals surface area contributed by atoms with E-state index in [0.717, 1.165) is 0 Å². The summed E-state index contributed by atoms with van der Waals surface area (Å²) >= 11 is 0. The van der Waals surface area contributed by atoms with Crippen molar-refractivity contribution in [2.45, 2.75) is 66.2 Å². The van der Waals surface area contributed by atoms with E-state index < -0.39 is 0 Å². The molecule has 1 amide bonds. The second-order valence-corrected chi connectivity index (χ2v) is 14.0. The number of hydrogen-bond acceptors (Lipinski definition) is 7. The van der Waals surface area contributed by atoms with Crippen LogP contribution >= 0.6 is 0 Å². The molecule has 0 aliphatic carbocycles. The Bertz CT molecular complexity index is 2020. The quantitative estimate of drug-likeness (QED) is 0.0981. The minimum absolute atomic E-state index is 0. The third-order valence-electron chi connectivity index (χ3n) is 7.97. The molecule has 265 valence electrons. The fraction of sp³-hybridized carbons (Fsp3) is 0.250. The average molecular weight is 730 g/mol. The van der Waals surface area contributed by atoms with Gasteiger partial charge in [-0.25, -0.2) is 4.68 Å². The number of carbonyl (C=O) groups is 1. The van der Waals surface area contributed by atoms with Gasteiger partial charge in [0.15, 0.2) is 0 Å². The Hall–Kier alpha value is -5.38. The zero-order valence-electron chi connectivity index (χ0n) is 30.1. The molecule has 0 bridgehead atoms. The molecule has 11 heteroatoms. The smallest absolute Gasteiger partial charge is 0.857 e. The Morgan fingerprint density at radius 1 is 0.686 bits per heavy atom. The number of nitrogens with zero attached hydrogens (tertiary/aromatic N) is 8. The Kier molecular flexibility index (Phi) is 12.1. The number of amides is 1. The molecule has 5 aromatic rings. The van der Waals surface area contributed by atoms with Crippen molar-refractivity contribution in [2.75, 3.05) is 5.01 Å². The fourth-order valence-electron chi connectivity index (χ4n) is 4.99. The van der Waals surface area contributed by atoms with Gasteiger partial charge in [0.25, 0.3) is 5.91 Å². The predicted octanol–water partition coefficient (Wildman–Crippen LogP) is 9.73. The Balaban J connectivity index is 0.000000224. The predicted molar refractivity (Wildman–Crippen MR) is 200 cm³/mol. The first-order chi connectivity index (χ1) is 23.7. The van der Waals surface area contributed by atoms with Crippen molar-refractivity contribution < 1.29 is 27.0 Å². The molecular weight excluding hydrogens is 688 g/mol. The van der Waals surface area contributed by atoms with Gasteiger partial charge >= 0.3 is 17.1 Å². The monoisotopic (exact) mass is 729 g/mol. The molecule has 1 aromatic heterocycles. The molecule has 1 radical (unpaired) electrons. The maximum absolute atomic E-state index is 12.5. The van der Waals surface area contributed by atoms with Crippen LogP contribution in [0.3, 0.4) is 0 Å². The summed E-state index contributed by atoms with van der Waals surface area (Å²) < 4.78 is 1.35. The molecule has 6 rings (SSSR count). The molecule has 10 nitrogen and oxygen atoms in total. The van der Waals surface area contributed by atoms with Crippen LogP contribution in [0.5, 0.6) is 5.88 Å². The summed E-state index contributed by atoms with van der Waals surface area (Å²) in [5.41, 5.74) is 11.3. The van der Waals surface area contributed by atoms with Crippen LogP contribution in [0.15, 0.2) is 130 Å². The van der Waals surface area contributed by atoms with E-state index in [2.05, 4.69) is 72.5 Å². The van der Waals surface area contributed by atoms with Crippen molar-refractivity contribution in [3.8, 4) is 11.6 Å². The summed E-state index contributed by atoms with van der Waals surface area (Å²) in [6.07, 6.45) is 0. The zero-order chi connectivity index (χ0) is 36.1. The van der Waals surface area contributed by atoms with Crippen LogP contribution in [-0.4, -0.2) is 27.1 Å². The zero-order valence-corrected chi connectivity index (χ0v) is 31.0. The molecule has 0 unspecified atom stereocenters. The first-order valence-electron chi connectivity index (χ1n) is 16.4. The molecule has 0 fully saturated rings. The van der Waals surface area contributed by atoms with Crippen LogP contribution in [0, 0.1) is 6.92 Å². The van der Waals surface area contributed by atoms with E-state index in [1.807, 2.05) is 109 Å². The Morgan fingerprint density at radius 3 is 1.73 bits per heavy atom. The van der Waals surface area contributed by atoms with E-state index >= 15 is 0 Å². The Labute approximate surface area is 310 Å². The topological polar surface area (TPSA) is 125 Å². The molecule has 4 aromatic carbocycles. The van der Waals surface area contributed by atoms with Gasteiger partial charge in [-0.15, -0.1) is 10.8 Å². The number of carbonyl (C=O) groups excluding carboxylic acids is 1. The average Bonchev–Trinajstić information content (AvgIpc) is 3.55. The van der Waals surface area contributed by atoms with Gasteiger partial charge < -0.3 is 15.6 Å². The van der Waals surface area contributed by atoms with Gasteiger partial charge in [0.05, 0.1) is 28.5 Å². The fourth-order valence-corrected chi connectivity index (χ4v) is 4.99. The summed E-state index contributed by atoms with van der Waals surface area (Å²) in [6, 6.07) is 34.4. The molecule has 0 saturated heterocycles. The van der Waals surface area contributed by atoms with Crippen molar-refractivity contribution in [2.24, 2.45) is 20.4 Å².